The first-order valence-electron chi connectivity index (χ1n) is 10.2. The van der Waals surface area contributed by atoms with Crippen LogP contribution in [-0.2, 0) is 17.6 Å². The third-order valence-corrected chi connectivity index (χ3v) is 6.80. The van der Waals surface area contributed by atoms with Crippen molar-refractivity contribution in [1.82, 2.24) is 19.3 Å². The van der Waals surface area contributed by atoms with Crippen molar-refractivity contribution >= 4 is 33.1 Å². The molecule has 2 aromatic carbocycles. The number of aromatic nitrogens is 3. The van der Waals surface area contributed by atoms with Gasteiger partial charge in [-0.25, -0.2) is 9.37 Å². The number of halogens is 1. The van der Waals surface area contributed by atoms with Crippen LogP contribution in [0.4, 0.5) is 4.39 Å². The largest absolute Gasteiger partial charge is 0.356 e. The first-order valence-corrected chi connectivity index (χ1v) is 11.1. The van der Waals surface area contributed by atoms with Crippen LogP contribution in [0.3, 0.4) is 0 Å². The molecule has 1 aliphatic rings. The van der Waals surface area contributed by atoms with E-state index in [1.165, 1.54) is 17.4 Å². The van der Waals surface area contributed by atoms with Gasteiger partial charge in [-0.3, -0.25) is 9.20 Å². The third kappa shape index (κ3) is 2.96. The van der Waals surface area contributed by atoms with E-state index in [4.69, 9.17) is 0 Å². The van der Waals surface area contributed by atoms with Crippen LogP contribution >= 0.6 is 11.3 Å². The summed E-state index contributed by atoms with van der Waals surface area (Å²) in [6.45, 7) is 0.537. The van der Waals surface area contributed by atoms with Gasteiger partial charge in [0, 0.05) is 46.5 Å². The number of imidazole rings is 1. The number of rotatable bonds is 3. The number of nitrogens with zero attached hydrogens (tertiary/aromatic N) is 3. The van der Waals surface area contributed by atoms with Crippen LogP contribution in [-0.4, -0.2) is 31.7 Å². The summed E-state index contributed by atoms with van der Waals surface area (Å²) in [6, 6.07) is 14.3. The van der Waals surface area contributed by atoms with Gasteiger partial charge < -0.3 is 9.88 Å². The average Bonchev–Trinajstić information content (AvgIpc) is 3.46. The molecule has 6 rings (SSSR count). The summed E-state index contributed by atoms with van der Waals surface area (Å²) >= 11 is 1.54. The van der Waals surface area contributed by atoms with Gasteiger partial charge in [-0.1, -0.05) is 36.4 Å². The van der Waals surface area contributed by atoms with Gasteiger partial charge in [0.2, 0.25) is 5.91 Å². The monoisotopic (exact) mass is 430 g/mol. The van der Waals surface area contributed by atoms with Crippen molar-refractivity contribution in [2.75, 3.05) is 6.54 Å². The van der Waals surface area contributed by atoms with E-state index in [2.05, 4.69) is 16.0 Å². The number of carbonyl (C=O) groups is 1. The lowest BCUT2D eigenvalue weighted by Gasteiger charge is -2.36. The van der Waals surface area contributed by atoms with Crippen molar-refractivity contribution in [3.8, 4) is 0 Å². The molecule has 1 N–H and O–H groups in total. The molecule has 0 saturated carbocycles. The molecule has 0 saturated heterocycles. The first-order chi connectivity index (χ1) is 15.2. The molecule has 1 amide bonds. The summed E-state index contributed by atoms with van der Waals surface area (Å²) in [7, 11) is 0. The Morgan fingerprint density at radius 2 is 2.03 bits per heavy atom. The summed E-state index contributed by atoms with van der Waals surface area (Å²) in [5.74, 6) is -0.359. The van der Waals surface area contributed by atoms with Crippen LogP contribution in [0.15, 0.2) is 66.3 Å². The van der Waals surface area contributed by atoms with Gasteiger partial charge in [0.1, 0.15) is 11.9 Å². The fraction of sp³-hybridized carbons (Fsp3) is 0.167. The molecule has 154 valence electrons. The molecule has 0 aliphatic carbocycles. The summed E-state index contributed by atoms with van der Waals surface area (Å²) < 4.78 is 16.8. The van der Waals surface area contributed by atoms with E-state index in [0.29, 0.717) is 12.1 Å². The topological polar surface area (TPSA) is 53.4 Å². The number of aromatic amines is 1. The fourth-order valence-electron chi connectivity index (χ4n) is 4.65. The number of fused-ring (bicyclic) bond motifs is 4. The van der Waals surface area contributed by atoms with Gasteiger partial charge in [-0.15, -0.1) is 11.3 Å². The maximum atomic E-state index is 14.9. The number of hydrogen-bond donors (Lipinski definition) is 1. The number of para-hydroxylation sites is 1. The molecule has 0 unspecified atom stereocenters. The van der Waals surface area contributed by atoms with Crippen molar-refractivity contribution < 1.29 is 9.18 Å². The standard InChI is InChI=1S/C24H19FN4OS/c25-19-7-3-1-6-18(19)23-22-17(16-5-2-4-8-20(16)27-22)9-10-29(23)21(30)13-15-14-28-11-12-31-24(28)26-15/h1-8,11-12,14,23,27H,9-10,13H2/t23-/m0/s1. The predicted molar refractivity (Wildman–Crippen MR) is 119 cm³/mol. The minimum Gasteiger partial charge on any atom is -0.356 e. The lowest BCUT2D eigenvalue weighted by molar-refractivity contribution is -0.132. The van der Waals surface area contributed by atoms with Crippen molar-refractivity contribution in [3.63, 3.8) is 0 Å². The molecule has 5 aromatic rings. The Labute approximate surface area is 181 Å². The number of benzene rings is 2. The highest BCUT2D eigenvalue weighted by molar-refractivity contribution is 7.15. The van der Waals surface area contributed by atoms with E-state index in [1.54, 1.807) is 17.0 Å². The molecule has 5 nitrogen and oxygen atoms in total. The maximum absolute atomic E-state index is 14.9. The second kappa shape index (κ2) is 7.06. The lowest BCUT2D eigenvalue weighted by atomic mass is 9.91. The third-order valence-electron chi connectivity index (χ3n) is 6.03. The van der Waals surface area contributed by atoms with Gasteiger partial charge in [0.15, 0.2) is 4.96 Å². The second-order valence-electron chi connectivity index (χ2n) is 7.83. The summed E-state index contributed by atoms with van der Waals surface area (Å²) in [5, 5.41) is 3.10. The van der Waals surface area contributed by atoms with Gasteiger partial charge in [-0.2, -0.15) is 0 Å². The fourth-order valence-corrected chi connectivity index (χ4v) is 5.37. The van der Waals surface area contributed by atoms with Crippen LogP contribution in [0, 0.1) is 5.82 Å². The first kappa shape index (κ1) is 18.3. The molecule has 4 heterocycles. The molecular weight excluding hydrogens is 411 g/mol. The Bertz CT molecular complexity index is 1400. The number of carbonyl (C=O) groups excluding carboxylic acids is 1. The molecule has 0 spiro atoms. The average molecular weight is 431 g/mol. The van der Waals surface area contributed by atoms with Gasteiger partial charge in [-0.05, 0) is 24.1 Å². The lowest BCUT2D eigenvalue weighted by Crippen LogP contribution is -2.41. The number of hydrogen-bond acceptors (Lipinski definition) is 3. The molecule has 1 aliphatic heterocycles. The normalized spacial score (nSPS) is 16.2. The van der Waals surface area contributed by atoms with Gasteiger partial charge in [0.25, 0.3) is 0 Å². The molecule has 3 aromatic heterocycles. The van der Waals surface area contributed by atoms with E-state index < -0.39 is 6.04 Å². The SMILES string of the molecule is O=C(Cc1cn2ccsc2n1)N1CCc2c([nH]c3ccccc23)[C@@H]1c1ccccc1F. The Morgan fingerprint density at radius 3 is 2.90 bits per heavy atom. The molecule has 31 heavy (non-hydrogen) atoms. The number of H-pyrrole nitrogens is 1. The van der Waals surface area contributed by atoms with Crippen molar-refractivity contribution in [1.29, 1.82) is 0 Å². The van der Waals surface area contributed by atoms with E-state index in [-0.39, 0.29) is 18.1 Å². The number of nitrogens with one attached hydrogen (secondary N) is 1. The number of amides is 1. The molecule has 1 atom stereocenters. The highest BCUT2D eigenvalue weighted by Gasteiger charge is 2.35. The molecular formula is C24H19FN4OS. The molecule has 0 bridgehead atoms. The van der Waals surface area contributed by atoms with Gasteiger partial charge >= 0.3 is 0 Å². The Kier molecular flexibility index (Phi) is 4.17. The maximum Gasteiger partial charge on any atom is 0.229 e. The zero-order chi connectivity index (χ0) is 20.9. The zero-order valence-electron chi connectivity index (χ0n) is 16.6. The van der Waals surface area contributed by atoms with Gasteiger partial charge in [0.05, 0.1) is 12.1 Å². The Morgan fingerprint density at radius 1 is 1.19 bits per heavy atom. The van der Waals surface area contributed by atoms with Crippen LogP contribution in [0.2, 0.25) is 0 Å². The van der Waals surface area contributed by atoms with Crippen LogP contribution in [0.1, 0.15) is 28.6 Å². The zero-order valence-corrected chi connectivity index (χ0v) is 17.4. The minimum atomic E-state index is -0.492. The molecule has 7 heteroatoms. The van der Waals surface area contributed by atoms with Crippen LogP contribution < -0.4 is 0 Å². The molecule has 0 fully saturated rings. The Hall–Kier alpha value is -3.45. The quantitative estimate of drug-likeness (QED) is 0.450. The van der Waals surface area contributed by atoms with Crippen molar-refractivity contribution in [3.05, 3.63) is 94.6 Å². The highest BCUT2D eigenvalue weighted by atomic mass is 32.1. The van der Waals surface area contributed by atoms with Crippen molar-refractivity contribution in [2.24, 2.45) is 0 Å². The summed E-state index contributed by atoms with van der Waals surface area (Å²) in [5.41, 5.74) is 4.31. The second-order valence-corrected chi connectivity index (χ2v) is 8.70. The summed E-state index contributed by atoms with van der Waals surface area (Å²) in [6.07, 6.45) is 4.74. The van der Waals surface area contributed by atoms with Crippen molar-refractivity contribution in [2.45, 2.75) is 18.9 Å². The van der Waals surface area contributed by atoms with E-state index in [1.807, 2.05) is 46.4 Å². The summed E-state index contributed by atoms with van der Waals surface area (Å²) in [4.78, 5) is 24.1. The van der Waals surface area contributed by atoms with Crippen LogP contribution in [0.25, 0.3) is 15.9 Å². The Balaban J connectivity index is 1.43. The minimum absolute atomic E-state index is 0.0525. The highest BCUT2D eigenvalue weighted by Crippen LogP contribution is 2.39. The molecule has 0 radical (unpaired) electrons. The van der Waals surface area contributed by atoms with E-state index >= 15 is 0 Å². The predicted octanol–water partition coefficient (Wildman–Crippen LogP) is 4.73. The van der Waals surface area contributed by atoms with E-state index in [9.17, 15) is 9.18 Å². The van der Waals surface area contributed by atoms with E-state index in [0.717, 1.165) is 39.2 Å². The number of thiazole rings is 1. The van der Waals surface area contributed by atoms with Crippen LogP contribution in [0.5, 0.6) is 0 Å². The smallest absolute Gasteiger partial charge is 0.229 e.